The van der Waals surface area contributed by atoms with Crippen LogP contribution in [-0.4, -0.2) is 22.3 Å². The largest absolute Gasteiger partial charge is 0.417 e. The Hall–Kier alpha value is -4.39. The Balaban J connectivity index is 1.48. The number of nitrogens with two attached hydrogens (primary N) is 1. The lowest BCUT2D eigenvalue weighted by Gasteiger charge is -2.07. The van der Waals surface area contributed by atoms with E-state index in [1.807, 2.05) is 48.0 Å². The maximum Gasteiger partial charge on any atom is 0.417 e. The fraction of sp³-hybridized carbons (Fsp3) is 0.115. The van der Waals surface area contributed by atoms with Crippen molar-refractivity contribution in [1.82, 2.24) is 4.57 Å². The zero-order valence-electron chi connectivity index (χ0n) is 18.2. The molecule has 0 unspecified atom stereocenters. The standard InChI is InChI=1S/C26H24N4O3/c1-30-16-22(24(31)14-9-17-7-10-18(11-8-17)25(27)28)21-15-20(12-13-23(21)30)33-26(32)29-19-5-3-2-4-6-19/h2-8,10-13,15-16H,9,14H2,1H3,(H3,27,28)(H,29,32). The predicted octanol–water partition coefficient (Wildman–Crippen LogP) is 4.89. The number of anilines is 1. The van der Waals surface area contributed by atoms with Gasteiger partial charge in [-0.3, -0.25) is 15.5 Å². The minimum atomic E-state index is -0.599. The summed E-state index contributed by atoms with van der Waals surface area (Å²) in [6.45, 7) is 0. The van der Waals surface area contributed by atoms with Crippen molar-refractivity contribution in [3.63, 3.8) is 0 Å². The van der Waals surface area contributed by atoms with Crippen molar-refractivity contribution in [2.75, 3.05) is 5.32 Å². The van der Waals surface area contributed by atoms with Crippen molar-refractivity contribution >= 4 is 34.3 Å². The lowest BCUT2D eigenvalue weighted by Crippen LogP contribution is -2.16. The molecule has 4 rings (SSSR count). The van der Waals surface area contributed by atoms with Crippen LogP contribution in [0.5, 0.6) is 5.75 Å². The summed E-state index contributed by atoms with van der Waals surface area (Å²) in [5, 5.41) is 10.9. The number of nitrogens with one attached hydrogen (secondary N) is 2. The summed E-state index contributed by atoms with van der Waals surface area (Å²) in [5.41, 5.74) is 9.24. The SMILES string of the molecule is Cn1cc(C(=O)CCc2ccc(C(=N)N)cc2)c2cc(OC(=O)Nc3ccccc3)ccc21. The van der Waals surface area contributed by atoms with E-state index < -0.39 is 6.09 Å². The molecule has 0 spiro atoms. The molecule has 0 atom stereocenters. The van der Waals surface area contributed by atoms with Crippen molar-refractivity contribution in [3.05, 3.63) is 95.7 Å². The van der Waals surface area contributed by atoms with E-state index in [4.69, 9.17) is 15.9 Å². The van der Waals surface area contributed by atoms with E-state index in [1.54, 1.807) is 42.6 Å². The second-order valence-electron chi connectivity index (χ2n) is 7.75. The van der Waals surface area contributed by atoms with Crippen LogP contribution in [0.1, 0.15) is 27.9 Å². The van der Waals surface area contributed by atoms with E-state index >= 15 is 0 Å². The number of amides is 1. The molecule has 0 aliphatic rings. The number of ether oxygens (including phenoxy) is 1. The van der Waals surface area contributed by atoms with Crippen LogP contribution >= 0.6 is 0 Å². The van der Waals surface area contributed by atoms with E-state index in [0.29, 0.717) is 35.4 Å². The summed E-state index contributed by atoms with van der Waals surface area (Å²) in [6.07, 6.45) is 2.11. The van der Waals surface area contributed by atoms with Crippen molar-refractivity contribution in [2.24, 2.45) is 12.8 Å². The van der Waals surface area contributed by atoms with Gasteiger partial charge in [0.05, 0.1) is 0 Å². The third-order valence-electron chi connectivity index (χ3n) is 5.40. The first kappa shape index (κ1) is 21.8. The molecule has 0 radical (unpaired) electrons. The highest BCUT2D eigenvalue weighted by Crippen LogP contribution is 2.27. The molecule has 7 heteroatoms. The Morgan fingerprint density at radius 3 is 2.45 bits per heavy atom. The molecule has 3 aromatic carbocycles. The summed E-state index contributed by atoms with van der Waals surface area (Å²) in [4.78, 5) is 25.2. The highest BCUT2D eigenvalue weighted by molar-refractivity contribution is 6.08. The van der Waals surface area contributed by atoms with Crippen molar-refractivity contribution in [3.8, 4) is 5.75 Å². The van der Waals surface area contributed by atoms with Gasteiger partial charge in [0.15, 0.2) is 5.78 Å². The fourth-order valence-corrected chi connectivity index (χ4v) is 3.67. The number of ketones is 1. The topological polar surface area (TPSA) is 110 Å². The van der Waals surface area contributed by atoms with E-state index in [1.165, 1.54) is 0 Å². The summed E-state index contributed by atoms with van der Waals surface area (Å²) < 4.78 is 7.32. The summed E-state index contributed by atoms with van der Waals surface area (Å²) >= 11 is 0. The molecule has 4 aromatic rings. The van der Waals surface area contributed by atoms with Gasteiger partial charge in [0, 0.05) is 47.4 Å². The highest BCUT2D eigenvalue weighted by Gasteiger charge is 2.16. The molecule has 33 heavy (non-hydrogen) atoms. The van der Waals surface area contributed by atoms with Crippen LogP contribution in [0.4, 0.5) is 10.5 Å². The third kappa shape index (κ3) is 5.10. The number of carbonyl (C=O) groups is 2. The van der Waals surface area contributed by atoms with Gasteiger partial charge in [-0.15, -0.1) is 0 Å². The molecule has 4 N–H and O–H groups in total. The number of rotatable bonds is 7. The van der Waals surface area contributed by atoms with Crippen LogP contribution in [0.3, 0.4) is 0 Å². The number of Topliss-reactive ketones (excluding diaryl/α,β-unsaturated/α-hetero) is 1. The van der Waals surface area contributed by atoms with Gasteiger partial charge in [-0.2, -0.15) is 0 Å². The maximum absolute atomic E-state index is 13.0. The molecule has 1 heterocycles. The summed E-state index contributed by atoms with van der Waals surface area (Å²) in [6, 6.07) is 21.6. The number of amidine groups is 1. The van der Waals surface area contributed by atoms with Gasteiger partial charge in [-0.1, -0.05) is 42.5 Å². The Labute approximate surface area is 191 Å². The number of nitrogen functional groups attached to an aromatic ring is 1. The van der Waals surface area contributed by atoms with Gasteiger partial charge in [-0.25, -0.2) is 4.79 Å². The van der Waals surface area contributed by atoms with E-state index in [0.717, 1.165) is 16.5 Å². The number of para-hydroxylation sites is 1. The van der Waals surface area contributed by atoms with Gasteiger partial charge < -0.3 is 15.0 Å². The summed E-state index contributed by atoms with van der Waals surface area (Å²) in [7, 11) is 1.88. The minimum Gasteiger partial charge on any atom is -0.410 e. The van der Waals surface area contributed by atoms with Gasteiger partial charge >= 0.3 is 6.09 Å². The van der Waals surface area contributed by atoms with Crippen LogP contribution in [0.2, 0.25) is 0 Å². The molecular formula is C26H24N4O3. The highest BCUT2D eigenvalue weighted by atomic mass is 16.6. The zero-order valence-corrected chi connectivity index (χ0v) is 18.2. The molecule has 1 aromatic heterocycles. The van der Waals surface area contributed by atoms with Gasteiger partial charge in [-0.05, 0) is 42.3 Å². The number of aromatic nitrogens is 1. The smallest absolute Gasteiger partial charge is 0.410 e. The lowest BCUT2D eigenvalue weighted by molar-refractivity contribution is 0.0984. The van der Waals surface area contributed by atoms with Crippen LogP contribution in [0.25, 0.3) is 10.9 Å². The number of hydrogen-bond acceptors (Lipinski definition) is 4. The van der Waals surface area contributed by atoms with Crippen molar-refractivity contribution in [1.29, 1.82) is 5.41 Å². The van der Waals surface area contributed by atoms with E-state index in [-0.39, 0.29) is 11.6 Å². The first-order chi connectivity index (χ1) is 15.9. The number of fused-ring (bicyclic) bond motifs is 1. The molecule has 0 saturated carbocycles. The van der Waals surface area contributed by atoms with Crippen molar-refractivity contribution in [2.45, 2.75) is 12.8 Å². The number of carbonyl (C=O) groups excluding carboxylic acids is 2. The number of nitrogens with zero attached hydrogens (tertiary/aromatic N) is 1. The maximum atomic E-state index is 13.0. The molecule has 0 aliphatic carbocycles. The van der Waals surface area contributed by atoms with Crippen LogP contribution < -0.4 is 15.8 Å². The number of benzene rings is 3. The average Bonchev–Trinajstić information content (AvgIpc) is 3.14. The second-order valence-corrected chi connectivity index (χ2v) is 7.75. The zero-order chi connectivity index (χ0) is 23.4. The molecule has 0 bridgehead atoms. The normalized spacial score (nSPS) is 10.7. The lowest BCUT2D eigenvalue weighted by atomic mass is 10.0. The van der Waals surface area contributed by atoms with E-state index in [9.17, 15) is 9.59 Å². The fourth-order valence-electron chi connectivity index (χ4n) is 3.67. The molecule has 0 aliphatic heterocycles. The average molecular weight is 441 g/mol. The minimum absolute atomic E-state index is 0.00197. The molecule has 0 fully saturated rings. The monoisotopic (exact) mass is 440 g/mol. The molecule has 7 nitrogen and oxygen atoms in total. The Kier molecular flexibility index (Phi) is 6.22. The van der Waals surface area contributed by atoms with Crippen LogP contribution in [0.15, 0.2) is 79.0 Å². The third-order valence-corrected chi connectivity index (χ3v) is 5.40. The first-order valence-corrected chi connectivity index (χ1v) is 10.5. The number of aryl methyl sites for hydroxylation is 2. The second kappa shape index (κ2) is 9.40. The van der Waals surface area contributed by atoms with E-state index in [2.05, 4.69) is 5.32 Å². The van der Waals surface area contributed by atoms with Gasteiger partial charge in [0.2, 0.25) is 0 Å². The Morgan fingerprint density at radius 2 is 1.76 bits per heavy atom. The van der Waals surface area contributed by atoms with Crippen molar-refractivity contribution < 1.29 is 14.3 Å². The molecule has 1 amide bonds. The molecule has 166 valence electrons. The predicted molar refractivity (Wildman–Crippen MR) is 129 cm³/mol. The molecule has 0 saturated heterocycles. The quantitative estimate of drug-likeness (QED) is 0.216. The van der Waals surface area contributed by atoms with Crippen LogP contribution in [-0.2, 0) is 13.5 Å². The van der Waals surface area contributed by atoms with Crippen LogP contribution in [0, 0.1) is 5.41 Å². The Morgan fingerprint density at radius 1 is 1.03 bits per heavy atom. The first-order valence-electron chi connectivity index (χ1n) is 10.5. The number of hydrogen-bond donors (Lipinski definition) is 3. The summed E-state index contributed by atoms with van der Waals surface area (Å²) in [5.74, 6) is 0.377. The Bertz CT molecular complexity index is 1330. The van der Waals surface area contributed by atoms with Gasteiger partial charge in [0.25, 0.3) is 0 Å². The van der Waals surface area contributed by atoms with Gasteiger partial charge in [0.1, 0.15) is 11.6 Å². The molecular weight excluding hydrogens is 416 g/mol.